The van der Waals surface area contributed by atoms with Gasteiger partial charge in [-0.3, -0.25) is 0 Å². The number of piperidine rings is 1. The standard InChI is InChI=1S/C13H17F2NO2S/c1-9-6-10(2)8-16(7-9)19(17,18)13-11(14)4-3-5-12(13)15/h3-5,9-10H,6-8H2,1-2H3. The average Bonchev–Trinajstić information content (AvgIpc) is 2.26. The Morgan fingerprint density at radius 1 is 1.11 bits per heavy atom. The maximum Gasteiger partial charge on any atom is 0.248 e. The molecule has 2 rings (SSSR count). The van der Waals surface area contributed by atoms with Gasteiger partial charge in [0.25, 0.3) is 0 Å². The second kappa shape index (κ2) is 5.17. The smallest absolute Gasteiger partial charge is 0.207 e. The van der Waals surface area contributed by atoms with Crippen molar-refractivity contribution in [1.29, 1.82) is 0 Å². The van der Waals surface area contributed by atoms with E-state index in [1.807, 2.05) is 13.8 Å². The molecule has 0 radical (unpaired) electrons. The lowest BCUT2D eigenvalue weighted by molar-refractivity contribution is 0.221. The maximum atomic E-state index is 13.6. The van der Waals surface area contributed by atoms with Crippen LogP contribution in [0.4, 0.5) is 8.78 Å². The van der Waals surface area contributed by atoms with Crippen LogP contribution in [0, 0.1) is 23.5 Å². The van der Waals surface area contributed by atoms with Gasteiger partial charge in [-0.25, -0.2) is 17.2 Å². The highest BCUT2D eigenvalue weighted by molar-refractivity contribution is 7.89. The van der Waals surface area contributed by atoms with Gasteiger partial charge in [-0.15, -0.1) is 0 Å². The molecule has 2 atom stereocenters. The molecule has 1 fully saturated rings. The summed E-state index contributed by atoms with van der Waals surface area (Å²) >= 11 is 0. The minimum absolute atomic E-state index is 0.188. The molecule has 6 heteroatoms. The summed E-state index contributed by atoms with van der Waals surface area (Å²) in [5.41, 5.74) is 0. The van der Waals surface area contributed by atoms with Gasteiger partial charge in [-0.2, -0.15) is 4.31 Å². The molecular formula is C13H17F2NO2S. The largest absolute Gasteiger partial charge is 0.248 e. The van der Waals surface area contributed by atoms with Crippen LogP contribution in [0.1, 0.15) is 20.3 Å². The van der Waals surface area contributed by atoms with E-state index in [0.717, 1.165) is 24.6 Å². The molecule has 2 unspecified atom stereocenters. The molecule has 1 saturated heterocycles. The monoisotopic (exact) mass is 289 g/mol. The summed E-state index contributed by atoms with van der Waals surface area (Å²) < 4.78 is 53.2. The van der Waals surface area contributed by atoms with Crippen molar-refractivity contribution < 1.29 is 17.2 Å². The van der Waals surface area contributed by atoms with E-state index in [1.165, 1.54) is 4.31 Å². The molecule has 19 heavy (non-hydrogen) atoms. The van der Waals surface area contributed by atoms with Crippen LogP contribution in [-0.4, -0.2) is 25.8 Å². The highest BCUT2D eigenvalue weighted by Gasteiger charge is 2.35. The summed E-state index contributed by atoms with van der Waals surface area (Å²) in [6.45, 7) is 4.49. The first-order valence-electron chi connectivity index (χ1n) is 6.26. The van der Waals surface area contributed by atoms with Crippen molar-refractivity contribution in [2.24, 2.45) is 11.8 Å². The van der Waals surface area contributed by atoms with Crippen LogP contribution in [0.15, 0.2) is 23.1 Å². The number of rotatable bonds is 2. The molecule has 1 aliphatic rings. The van der Waals surface area contributed by atoms with Crippen molar-refractivity contribution in [2.45, 2.75) is 25.2 Å². The van der Waals surface area contributed by atoms with Crippen LogP contribution in [0.2, 0.25) is 0 Å². The van der Waals surface area contributed by atoms with E-state index in [9.17, 15) is 17.2 Å². The Morgan fingerprint density at radius 3 is 2.05 bits per heavy atom. The second-order valence-corrected chi connectivity index (χ2v) is 7.19. The predicted octanol–water partition coefficient (Wildman–Crippen LogP) is 2.63. The number of halogens is 2. The third kappa shape index (κ3) is 2.79. The average molecular weight is 289 g/mol. The lowest BCUT2D eigenvalue weighted by atomic mass is 9.94. The van der Waals surface area contributed by atoms with E-state index < -0.39 is 26.6 Å². The molecule has 1 aromatic carbocycles. The summed E-state index contributed by atoms with van der Waals surface area (Å²) in [4.78, 5) is -0.837. The molecule has 106 valence electrons. The maximum absolute atomic E-state index is 13.6. The van der Waals surface area contributed by atoms with Gasteiger partial charge in [-0.1, -0.05) is 19.9 Å². The minimum Gasteiger partial charge on any atom is -0.207 e. The number of hydrogen-bond acceptors (Lipinski definition) is 2. The molecule has 0 aromatic heterocycles. The van der Waals surface area contributed by atoms with E-state index in [2.05, 4.69) is 0 Å². The molecular weight excluding hydrogens is 272 g/mol. The summed E-state index contributed by atoms with van der Waals surface area (Å²) in [5, 5.41) is 0. The fourth-order valence-electron chi connectivity index (χ4n) is 2.66. The van der Waals surface area contributed by atoms with Crippen LogP contribution in [0.25, 0.3) is 0 Å². The van der Waals surface area contributed by atoms with Crippen LogP contribution in [0.5, 0.6) is 0 Å². The van der Waals surface area contributed by atoms with Crippen LogP contribution >= 0.6 is 0 Å². The van der Waals surface area contributed by atoms with Crippen LogP contribution in [-0.2, 0) is 10.0 Å². The molecule has 1 heterocycles. The van der Waals surface area contributed by atoms with Gasteiger partial charge < -0.3 is 0 Å². The van der Waals surface area contributed by atoms with E-state index in [-0.39, 0.29) is 11.8 Å². The van der Waals surface area contributed by atoms with Crippen molar-refractivity contribution in [3.63, 3.8) is 0 Å². The Morgan fingerprint density at radius 2 is 1.58 bits per heavy atom. The Kier molecular flexibility index (Phi) is 3.92. The molecule has 1 aliphatic heterocycles. The van der Waals surface area contributed by atoms with Gasteiger partial charge in [0.05, 0.1) is 0 Å². The second-order valence-electron chi connectivity index (χ2n) is 5.32. The Labute approximate surface area is 112 Å². The van der Waals surface area contributed by atoms with E-state index in [0.29, 0.717) is 13.1 Å². The normalized spacial score (nSPS) is 25.5. The van der Waals surface area contributed by atoms with Crippen molar-refractivity contribution in [1.82, 2.24) is 4.31 Å². The van der Waals surface area contributed by atoms with E-state index in [4.69, 9.17) is 0 Å². The molecule has 0 N–H and O–H groups in total. The molecule has 0 aliphatic carbocycles. The molecule has 0 bridgehead atoms. The van der Waals surface area contributed by atoms with Gasteiger partial charge in [0, 0.05) is 13.1 Å². The number of nitrogens with zero attached hydrogens (tertiary/aromatic N) is 1. The summed E-state index contributed by atoms with van der Waals surface area (Å²) in [6.07, 6.45) is 0.922. The van der Waals surface area contributed by atoms with Gasteiger partial charge in [0.1, 0.15) is 11.6 Å². The third-order valence-corrected chi connectivity index (χ3v) is 5.24. The summed E-state index contributed by atoms with van der Waals surface area (Å²) in [5.74, 6) is -1.70. The van der Waals surface area contributed by atoms with Gasteiger partial charge in [0.2, 0.25) is 10.0 Å². The van der Waals surface area contributed by atoms with Gasteiger partial charge >= 0.3 is 0 Å². The fourth-order valence-corrected chi connectivity index (χ4v) is 4.45. The predicted molar refractivity (Wildman–Crippen MR) is 68.1 cm³/mol. The molecule has 3 nitrogen and oxygen atoms in total. The zero-order valence-corrected chi connectivity index (χ0v) is 11.8. The quantitative estimate of drug-likeness (QED) is 0.839. The Bertz CT molecular complexity index is 544. The first kappa shape index (κ1) is 14.4. The first-order chi connectivity index (χ1) is 8.82. The van der Waals surface area contributed by atoms with E-state index in [1.54, 1.807) is 0 Å². The molecule has 0 spiro atoms. The van der Waals surface area contributed by atoms with Crippen LogP contribution < -0.4 is 0 Å². The number of sulfonamides is 1. The summed E-state index contributed by atoms with van der Waals surface area (Å²) in [6, 6.07) is 3.09. The van der Waals surface area contributed by atoms with Crippen molar-refractivity contribution in [3.05, 3.63) is 29.8 Å². The number of benzene rings is 1. The fraction of sp³-hybridized carbons (Fsp3) is 0.538. The molecule has 0 saturated carbocycles. The summed E-state index contributed by atoms with van der Waals surface area (Å²) in [7, 11) is -4.11. The highest BCUT2D eigenvalue weighted by Crippen LogP contribution is 2.28. The van der Waals surface area contributed by atoms with Crippen molar-refractivity contribution >= 4 is 10.0 Å². The van der Waals surface area contributed by atoms with Gasteiger partial charge in [0.15, 0.2) is 4.90 Å². The van der Waals surface area contributed by atoms with E-state index >= 15 is 0 Å². The topological polar surface area (TPSA) is 37.4 Å². The molecule has 1 aromatic rings. The third-order valence-electron chi connectivity index (χ3n) is 3.35. The first-order valence-corrected chi connectivity index (χ1v) is 7.70. The van der Waals surface area contributed by atoms with Crippen molar-refractivity contribution in [2.75, 3.05) is 13.1 Å². The lowest BCUT2D eigenvalue weighted by Crippen LogP contribution is -2.43. The lowest BCUT2D eigenvalue weighted by Gasteiger charge is -2.34. The molecule has 0 amide bonds. The zero-order chi connectivity index (χ0) is 14.2. The van der Waals surface area contributed by atoms with Gasteiger partial charge in [-0.05, 0) is 30.4 Å². The minimum atomic E-state index is -4.11. The Hall–Kier alpha value is -1.01. The van der Waals surface area contributed by atoms with Crippen molar-refractivity contribution in [3.8, 4) is 0 Å². The zero-order valence-electron chi connectivity index (χ0n) is 10.9. The number of hydrogen-bond donors (Lipinski definition) is 0. The SMILES string of the molecule is CC1CC(C)CN(S(=O)(=O)c2c(F)cccc2F)C1. The highest BCUT2D eigenvalue weighted by atomic mass is 32.2. The van der Waals surface area contributed by atoms with Crippen LogP contribution in [0.3, 0.4) is 0 Å². The Balaban J connectivity index is 2.42.